The first-order valence-corrected chi connectivity index (χ1v) is 7.16. The van der Waals surface area contributed by atoms with Gasteiger partial charge in [-0.05, 0) is 32.4 Å². The Morgan fingerprint density at radius 2 is 2.18 bits per heavy atom. The number of carbonyl (C=O) groups is 1. The van der Waals surface area contributed by atoms with Crippen LogP contribution in [-0.2, 0) is 6.61 Å². The molecule has 22 heavy (non-hydrogen) atoms. The van der Waals surface area contributed by atoms with E-state index in [0.29, 0.717) is 11.3 Å². The van der Waals surface area contributed by atoms with E-state index >= 15 is 0 Å². The molecule has 0 bridgehead atoms. The summed E-state index contributed by atoms with van der Waals surface area (Å²) in [5, 5.41) is 6.59. The summed E-state index contributed by atoms with van der Waals surface area (Å²) < 4.78 is 24.0. The Morgan fingerprint density at radius 3 is 2.86 bits per heavy atom. The fourth-order valence-corrected chi connectivity index (χ4v) is 1.85. The molecule has 6 heteroatoms. The number of halogens is 1. The van der Waals surface area contributed by atoms with Crippen LogP contribution in [0.3, 0.4) is 0 Å². The summed E-state index contributed by atoms with van der Waals surface area (Å²) >= 11 is 0. The second kappa shape index (κ2) is 7.06. The maximum atomic E-state index is 13.6. The average molecular weight is 306 g/mol. The number of hydrogen-bond acceptors (Lipinski definition) is 4. The van der Waals surface area contributed by atoms with Crippen LogP contribution >= 0.6 is 0 Å². The Kier molecular flexibility index (Phi) is 5.14. The Balaban J connectivity index is 2.13. The molecule has 0 aliphatic carbocycles. The molecule has 0 aliphatic rings. The molecule has 2 rings (SSSR count). The standard InChI is InChI=1S/C16H19FN2O3/c1-4-10(2)18-16(20)15-12(11(3)22-19-15)9-21-14-8-6-5-7-13(14)17/h5-8,10H,4,9H2,1-3H3,(H,18,20). The molecule has 1 atom stereocenters. The maximum absolute atomic E-state index is 13.6. The van der Waals surface area contributed by atoms with Gasteiger partial charge in [0.05, 0.1) is 5.56 Å². The molecule has 0 saturated heterocycles. The summed E-state index contributed by atoms with van der Waals surface area (Å²) in [5.74, 6) is -0.178. The summed E-state index contributed by atoms with van der Waals surface area (Å²) in [5.41, 5.74) is 0.693. The number of para-hydroxylation sites is 1. The predicted molar refractivity (Wildman–Crippen MR) is 79.2 cm³/mol. The Hall–Kier alpha value is -2.37. The highest BCUT2D eigenvalue weighted by Crippen LogP contribution is 2.20. The fourth-order valence-electron chi connectivity index (χ4n) is 1.85. The van der Waals surface area contributed by atoms with Crippen LogP contribution in [0.25, 0.3) is 0 Å². The van der Waals surface area contributed by atoms with E-state index in [9.17, 15) is 9.18 Å². The molecule has 1 aromatic heterocycles. The van der Waals surface area contributed by atoms with Gasteiger partial charge >= 0.3 is 0 Å². The molecule has 0 fully saturated rings. The molecule has 0 radical (unpaired) electrons. The van der Waals surface area contributed by atoms with Gasteiger partial charge in [0.25, 0.3) is 5.91 Å². The van der Waals surface area contributed by atoms with Crippen molar-refractivity contribution >= 4 is 5.91 Å². The van der Waals surface area contributed by atoms with E-state index in [4.69, 9.17) is 9.26 Å². The van der Waals surface area contributed by atoms with Gasteiger partial charge in [-0.15, -0.1) is 0 Å². The SMILES string of the molecule is CCC(C)NC(=O)c1noc(C)c1COc1ccccc1F. The Bertz CT molecular complexity index is 655. The lowest BCUT2D eigenvalue weighted by atomic mass is 10.2. The average Bonchev–Trinajstić information content (AvgIpc) is 2.87. The van der Waals surface area contributed by atoms with E-state index in [1.54, 1.807) is 19.1 Å². The fraction of sp³-hybridized carbons (Fsp3) is 0.375. The van der Waals surface area contributed by atoms with Crippen molar-refractivity contribution < 1.29 is 18.4 Å². The highest BCUT2D eigenvalue weighted by atomic mass is 19.1. The third-order valence-corrected chi connectivity index (χ3v) is 3.40. The number of nitrogens with zero attached hydrogens (tertiary/aromatic N) is 1. The quantitative estimate of drug-likeness (QED) is 0.890. The number of benzene rings is 1. The monoisotopic (exact) mass is 306 g/mol. The van der Waals surface area contributed by atoms with Gasteiger partial charge in [-0.1, -0.05) is 24.2 Å². The van der Waals surface area contributed by atoms with E-state index in [1.165, 1.54) is 12.1 Å². The molecule has 1 heterocycles. The minimum absolute atomic E-state index is 0.0134. The lowest BCUT2D eigenvalue weighted by Crippen LogP contribution is -2.32. The summed E-state index contributed by atoms with van der Waals surface area (Å²) in [6.45, 7) is 5.58. The number of carbonyl (C=O) groups excluding carboxylic acids is 1. The van der Waals surface area contributed by atoms with Crippen molar-refractivity contribution in [3.8, 4) is 5.75 Å². The van der Waals surface area contributed by atoms with Crippen molar-refractivity contribution in [2.24, 2.45) is 0 Å². The second-order valence-corrected chi connectivity index (χ2v) is 5.07. The van der Waals surface area contributed by atoms with Gasteiger partial charge in [0, 0.05) is 6.04 Å². The first-order chi connectivity index (χ1) is 10.5. The van der Waals surface area contributed by atoms with Gasteiger partial charge in [-0.25, -0.2) is 4.39 Å². The van der Waals surface area contributed by atoms with Crippen molar-refractivity contribution in [1.82, 2.24) is 10.5 Å². The molecule has 1 N–H and O–H groups in total. The number of rotatable bonds is 6. The minimum Gasteiger partial charge on any atom is -0.486 e. The van der Waals surface area contributed by atoms with Crippen LogP contribution in [0.1, 0.15) is 42.1 Å². The molecular formula is C16H19FN2O3. The maximum Gasteiger partial charge on any atom is 0.274 e. The van der Waals surface area contributed by atoms with Crippen LogP contribution in [0.4, 0.5) is 4.39 Å². The summed E-state index contributed by atoms with van der Waals surface area (Å²) in [6, 6.07) is 6.13. The molecule has 0 spiro atoms. The topological polar surface area (TPSA) is 64.4 Å². The first-order valence-electron chi connectivity index (χ1n) is 7.16. The van der Waals surface area contributed by atoms with Gasteiger partial charge in [0.15, 0.2) is 17.3 Å². The van der Waals surface area contributed by atoms with Gasteiger partial charge in [0.2, 0.25) is 0 Å². The Morgan fingerprint density at radius 1 is 1.45 bits per heavy atom. The predicted octanol–water partition coefficient (Wildman–Crippen LogP) is 3.23. The number of ether oxygens (including phenoxy) is 1. The van der Waals surface area contributed by atoms with Crippen LogP contribution < -0.4 is 10.1 Å². The van der Waals surface area contributed by atoms with Crippen LogP contribution in [0.2, 0.25) is 0 Å². The molecular weight excluding hydrogens is 287 g/mol. The third-order valence-electron chi connectivity index (χ3n) is 3.40. The second-order valence-electron chi connectivity index (χ2n) is 5.07. The van der Waals surface area contributed by atoms with Crippen molar-refractivity contribution in [3.05, 3.63) is 47.1 Å². The first kappa shape index (κ1) is 16.0. The molecule has 2 aromatic rings. The lowest BCUT2D eigenvalue weighted by Gasteiger charge is -2.11. The van der Waals surface area contributed by atoms with E-state index in [1.807, 2.05) is 13.8 Å². The Labute approximate surface area is 128 Å². The number of aryl methyl sites for hydroxylation is 1. The number of nitrogens with one attached hydrogen (secondary N) is 1. The molecule has 0 aliphatic heterocycles. The largest absolute Gasteiger partial charge is 0.486 e. The van der Waals surface area contributed by atoms with Crippen molar-refractivity contribution in [3.63, 3.8) is 0 Å². The van der Waals surface area contributed by atoms with Gasteiger partial charge in [-0.2, -0.15) is 0 Å². The van der Waals surface area contributed by atoms with Gasteiger partial charge < -0.3 is 14.6 Å². The number of hydrogen-bond donors (Lipinski definition) is 1. The normalized spacial score (nSPS) is 12.0. The zero-order chi connectivity index (χ0) is 16.1. The smallest absolute Gasteiger partial charge is 0.274 e. The number of aromatic nitrogens is 1. The molecule has 118 valence electrons. The molecule has 5 nitrogen and oxygen atoms in total. The van der Waals surface area contributed by atoms with Crippen molar-refractivity contribution in [1.29, 1.82) is 0 Å². The number of amides is 1. The molecule has 1 aromatic carbocycles. The van der Waals surface area contributed by atoms with E-state index in [-0.39, 0.29) is 30.0 Å². The van der Waals surface area contributed by atoms with Gasteiger partial charge in [-0.3, -0.25) is 4.79 Å². The zero-order valence-corrected chi connectivity index (χ0v) is 12.9. The van der Waals surface area contributed by atoms with Crippen LogP contribution in [0.15, 0.2) is 28.8 Å². The lowest BCUT2D eigenvalue weighted by molar-refractivity contribution is 0.0928. The summed E-state index contributed by atoms with van der Waals surface area (Å²) in [7, 11) is 0. The van der Waals surface area contributed by atoms with Crippen LogP contribution in [-0.4, -0.2) is 17.1 Å². The highest BCUT2D eigenvalue weighted by Gasteiger charge is 2.21. The van der Waals surface area contributed by atoms with E-state index < -0.39 is 5.82 Å². The third kappa shape index (κ3) is 3.63. The van der Waals surface area contributed by atoms with Crippen LogP contribution in [0.5, 0.6) is 5.75 Å². The van der Waals surface area contributed by atoms with Crippen molar-refractivity contribution in [2.45, 2.75) is 39.8 Å². The summed E-state index contributed by atoms with van der Waals surface area (Å²) in [4.78, 5) is 12.2. The van der Waals surface area contributed by atoms with E-state index in [0.717, 1.165) is 6.42 Å². The van der Waals surface area contributed by atoms with Crippen molar-refractivity contribution in [2.75, 3.05) is 0 Å². The zero-order valence-electron chi connectivity index (χ0n) is 12.9. The molecule has 1 unspecified atom stereocenters. The van der Waals surface area contributed by atoms with Crippen LogP contribution in [0, 0.1) is 12.7 Å². The van der Waals surface area contributed by atoms with E-state index in [2.05, 4.69) is 10.5 Å². The molecule has 0 saturated carbocycles. The minimum atomic E-state index is -0.456. The molecule has 1 amide bonds. The highest BCUT2D eigenvalue weighted by molar-refractivity contribution is 5.93. The summed E-state index contributed by atoms with van der Waals surface area (Å²) in [6.07, 6.45) is 0.809. The van der Waals surface area contributed by atoms with Gasteiger partial charge in [0.1, 0.15) is 12.4 Å².